The maximum absolute atomic E-state index is 13.2. The molecule has 0 radical (unpaired) electrons. The summed E-state index contributed by atoms with van der Waals surface area (Å²) in [6.45, 7) is 7.60. The van der Waals surface area contributed by atoms with Crippen molar-refractivity contribution in [2.75, 3.05) is 6.54 Å². The van der Waals surface area contributed by atoms with Crippen molar-refractivity contribution in [3.8, 4) is 0 Å². The van der Waals surface area contributed by atoms with Crippen molar-refractivity contribution in [1.29, 1.82) is 0 Å². The highest BCUT2D eigenvalue weighted by atomic mass is 19.1. The van der Waals surface area contributed by atoms with Gasteiger partial charge in [-0.15, -0.1) is 0 Å². The van der Waals surface area contributed by atoms with Gasteiger partial charge in [0.15, 0.2) is 0 Å². The fourth-order valence-corrected chi connectivity index (χ4v) is 3.22. The van der Waals surface area contributed by atoms with Gasteiger partial charge in [-0.25, -0.2) is 4.39 Å². The van der Waals surface area contributed by atoms with Crippen molar-refractivity contribution in [3.05, 3.63) is 35.6 Å². The second kappa shape index (κ2) is 6.71. The minimum atomic E-state index is -0.139. The van der Waals surface area contributed by atoms with Gasteiger partial charge in [-0.2, -0.15) is 0 Å². The first-order valence-electron chi connectivity index (χ1n) is 7.96. The highest BCUT2D eigenvalue weighted by Crippen LogP contribution is 2.36. The molecule has 1 atom stereocenters. The van der Waals surface area contributed by atoms with E-state index in [0.717, 1.165) is 12.5 Å². The van der Waals surface area contributed by atoms with Crippen LogP contribution in [0.15, 0.2) is 24.3 Å². The summed E-state index contributed by atoms with van der Waals surface area (Å²) in [6, 6.07) is 7.14. The van der Waals surface area contributed by atoms with Crippen LogP contribution in [0.25, 0.3) is 0 Å². The van der Waals surface area contributed by atoms with E-state index in [2.05, 4.69) is 26.1 Å². The summed E-state index contributed by atoms with van der Waals surface area (Å²) in [6.07, 6.45) is 6.69. The molecule has 0 amide bonds. The van der Waals surface area contributed by atoms with Gasteiger partial charge in [-0.1, -0.05) is 31.4 Å². The van der Waals surface area contributed by atoms with E-state index in [0.29, 0.717) is 5.92 Å². The van der Waals surface area contributed by atoms with Gasteiger partial charge in [0, 0.05) is 12.1 Å². The van der Waals surface area contributed by atoms with E-state index in [1.54, 1.807) is 12.1 Å². The van der Waals surface area contributed by atoms with Gasteiger partial charge in [-0.3, -0.25) is 0 Å². The summed E-state index contributed by atoms with van der Waals surface area (Å²) in [5.74, 6) is 1.11. The van der Waals surface area contributed by atoms with E-state index in [1.165, 1.54) is 37.7 Å². The largest absolute Gasteiger partial charge is 0.311 e. The molecule has 2 heteroatoms. The van der Waals surface area contributed by atoms with E-state index in [9.17, 15) is 4.39 Å². The van der Waals surface area contributed by atoms with Crippen molar-refractivity contribution in [2.24, 2.45) is 5.92 Å². The van der Waals surface area contributed by atoms with Gasteiger partial charge < -0.3 is 5.32 Å². The molecule has 1 N–H and O–H groups in total. The third-order valence-corrected chi connectivity index (χ3v) is 4.37. The number of benzene rings is 1. The standard InChI is InChI=1S/C18H28FN/c1-18(2,3)20-13-17(14-7-5-4-6-8-14)15-9-11-16(19)12-10-15/h9-12,14,17,20H,4-8,13H2,1-3H3. The first kappa shape index (κ1) is 15.5. The first-order valence-corrected chi connectivity index (χ1v) is 7.96. The molecule has 0 aromatic heterocycles. The van der Waals surface area contributed by atoms with Crippen LogP contribution in [0.3, 0.4) is 0 Å². The van der Waals surface area contributed by atoms with Crippen LogP contribution in [0, 0.1) is 11.7 Å². The Labute approximate surface area is 123 Å². The zero-order valence-corrected chi connectivity index (χ0v) is 13.1. The van der Waals surface area contributed by atoms with E-state index in [1.807, 2.05) is 12.1 Å². The molecule has 1 aromatic rings. The fourth-order valence-electron chi connectivity index (χ4n) is 3.22. The fraction of sp³-hybridized carbons (Fsp3) is 0.667. The topological polar surface area (TPSA) is 12.0 Å². The van der Waals surface area contributed by atoms with E-state index < -0.39 is 0 Å². The second-order valence-corrected chi connectivity index (χ2v) is 7.19. The molecule has 0 saturated heterocycles. The Balaban J connectivity index is 2.12. The molecule has 20 heavy (non-hydrogen) atoms. The minimum Gasteiger partial charge on any atom is -0.311 e. The lowest BCUT2D eigenvalue weighted by Crippen LogP contribution is -2.40. The zero-order chi connectivity index (χ0) is 14.6. The normalized spacial score (nSPS) is 19.0. The maximum Gasteiger partial charge on any atom is 0.123 e. The van der Waals surface area contributed by atoms with Gasteiger partial charge in [0.2, 0.25) is 0 Å². The van der Waals surface area contributed by atoms with Crippen molar-refractivity contribution in [1.82, 2.24) is 5.32 Å². The number of halogens is 1. The Morgan fingerprint density at radius 3 is 2.25 bits per heavy atom. The molecule has 0 heterocycles. The van der Waals surface area contributed by atoms with Crippen LogP contribution in [-0.2, 0) is 0 Å². The third kappa shape index (κ3) is 4.59. The average molecular weight is 277 g/mol. The van der Waals surface area contributed by atoms with Crippen LogP contribution in [-0.4, -0.2) is 12.1 Å². The molecule has 1 nitrogen and oxygen atoms in total. The molecular formula is C18H28FN. The SMILES string of the molecule is CC(C)(C)NCC(c1ccc(F)cc1)C1CCCCC1. The monoisotopic (exact) mass is 277 g/mol. The smallest absolute Gasteiger partial charge is 0.123 e. The van der Waals surface area contributed by atoms with Crippen molar-refractivity contribution in [2.45, 2.75) is 64.3 Å². The molecule has 1 saturated carbocycles. The number of rotatable bonds is 4. The van der Waals surface area contributed by atoms with Crippen LogP contribution < -0.4 is 5.32 Å². The summed E-state index contributed by atoms with van der Waals surface area (Å²) >= 11 is 0. The molecule has 0 spiro atoms. The Morgan fingerprint density at radius 2 is 1.70 bits per heavy atom. The summed E-state index contributed by atoms with van der Waals surface area (Å²) in [7, 11) is 0. The summed E-state index contributed by atoms with van der Waals surface area (Å²) in [5, 5.41) is 3.64. The Hall–Kier alpha value is -0.890. The van der Waals surface area contributed by atoms with Crippen LogP contribution >= 0.6 is 0 Å². The van der Waals surface area contributed by atoms with Crippen molar-refractivity contribution in [3.63, 3.8) is 0 Å². The lowest BCUT2D eigenvalue weighted by Gasteiger charge is -2.33. The molecule has 112 valence electrons. The van der Waals surface area contributed by atoms with Crippen LogP contribution in [0.1, 0.15) is 64.4 Å². The number of hydrogen-bond acceptors (Lipinski definition) is 1. The Morgan fingerprint density at radius 1 is 1.10 bits per heavy atom. The van der Waals surface area contributed by atoms with Crippen molar-refractivity contribution >= 4 is 0 Å². The highest BCUT2D eigenvalue weighted by molar-refractivity contribution is 5.22. The maximum atomic E-state index is 13.2. The Kier molecular flexibility index (Phi) is 5.20. The van der Waals surface area contributed by atoms with Gasteiger partial charge in [0.05, 0.1) is 0 Å². The predicted molar refractivity (Wildman–Crippen MR) is 83.5 cm³/mol. The summed E-state index contributed by atoms with van der Waals surface area (Å²) < 4.78 is 13.2. The number of hydrogen-bond donors (Lipinski definition) is 1. The van der Waals surface area contributed by atoms with Crippen molar-refractivity contribution < 1.29 is 4.39 Å². The molecule has 1 aliphatic rings. The van der Waals surface area contributed by atoms with Gasteiger partial charge in [0.1, 0.15) is 5.82 Å². The zero-order valence-electron chi connectivity index (χ0n) is 13.1. The summed E-state index contributed by atoms with van der Waals surface area (Å²) in [4.78, 5) is 0. The molecular weight excluding hydrogens is 249 g/mol. The molecule has 1 fully saturated rings. The minimum absolute atomic E-state index is 0.132. The predicted octanol–water partition coefficient (Wildman–Crippen LogP) is 4.88. The molecule has 0 bridgehead atoms. The van der Waals surface area contributed by atoms with Gasteiger partial charge in [0.25, 0.3) is 0 Å². The van der Waals surface area contributed by atoms with Crippen LogP contribution in [0.5, 0.6) is 0 Å². The van der Waals surface area contributed by atoms with Crippen LogP contribution in [0.2, 0.25) is 0 Å². The highest BCUT2D eigenvalue weighted by Gasteiger charge is 2.26. The van der Waals surface area contributed by atoms with Gasteiger partial charge in [-0.05, 0) is 63.1 Å². The first-order chi connectivity index (χ1) is 9.46. The van der Waals surface area contributed by atoms with Crippen LogP contribution in [0.4, 0.5) is 4.39 Å². The molecule has 0 aliphatic heterocycles. The second-order valence-electron chi connectivity index (χ2n) is 7.19. The third-order valence-electron chi connectivity index (χ3n) is 4.37. The average Bonchev–Trinajstić information content (AvgIpc) is 2.41. The van der Waals surface area contributed by atoms with E-state index in [-0.39, 0.29) is 11.4 Å². The lowest BCUT2D eigenvalue weighted by molar-refractivity contribution is 0.279. The number of nitrogens with one attached hydrogen (secondary N) is 1. The molecule has 2 rings (SSSR count). The lowest BCUT2D eigenvalue weighted by atomic mass is 9.76. The van der Waals surface area contributed by atoms with E-state index in [4.69, 9.17) is 0 Å². The van der Waals surface area contributed by atoms with Gasteiger partial charge >= 0.3 is 0 Å². The van der Waals surface area contributed by atoms with E-state index >= 15 is 0 Å². The quantitative estimate of drug-likeness (QED) is 0.827. The summed E-state index contributed by atoms with van der Waals surface area (Å²) in [5.41, 5.74) is 1.42. The molecule has 1 aromatic carbocycles. The molecule has 1 aliphatic carbocycles. The molecule has 1 unspecified atom stereocenters. The Bertz CT molecular complexity index is 398.